The number of carbonyl (C=O) groups excluding carboxylic acids is 1. The van der Waals surface area contributed by atoms with Gasteiger partial charge in [-0.15, -0.1) is 0 Å². The number of benzene rings is 1. The molecule has 3 aromatic rings. The zero-order valence-corrected chi connectivity index (χ0v) is 22.7. The monoisotopic (exact) mass is 549 g/mol. The minimum absolute atomic E-state index is 0.00504. The molecule has 0 atom stereocenters. The van der Waals surface area contributed by atoms with Gasteiger partial charge in [0, 0.05) is 62.0 Å². The third-order valence-corrected chi connectivity index (χ3v) is 8.14. The maximum Gasteiger partial charge on any atom is 0.238 e. The number of aromatic nitrogens is 4. The normalized spacial score (nSPS) is 16.4. The van der Waals surface area contributed by atoms with Crippen LogP contribution in [-0.4, -0.2) is 78.4 Å². The molecule has 0 radical (unpaired) electrons. The van der Waals surface area contributed by atoms with E-state index in [-0.39, 0.29) is 29.0 Å². The van der Waals surface area contributed by atoms with E-state index in [1.807, 2.05) is 25.2 Å². The first-order valence-corrected chi connectivity index (χ1v) is 14.7. The third kappa shape index (κ3) is 6.71. The van der Waals surface area contributed by atoms with Crippen LogP contribution in [0.2, 0.25) is 0 Å². The Morgan fingerprint density at radius 2 is 1.95 bits per heavy atom. The number of aromatic amines is 1. The summed E-state index contributed by atoms with van der Waals surface area (Å²) >= 11 is 0. The first-order chi connectivity index (χ1) is 18.7. The van der Waals surface area contributed by atoms with Crippen LogP contribution in [0.15, 0.2) is 41.4 Å². The van der Waals surface area contributed by atoms with Gasteiger partial charge in [0.25, 0.3) is 0 Å². The molecule has 39 heavy (non-hydrogen) atoms. The molecule has 204 valence electrons. The van der Waals surface area contributed by atoms with E-state index >= 15 is 0 Å². The molecule has 5 rings (SSSR count). The first-order valence-electron chi connectivity index (χ1n) is 12.8. The van der Waals surface area contributed by atoms with Crippen LogP contribution in [0.3, 0.4) is 0 Å². The summed E-state index contributed by atoms with van der Waals surface area (Å²) in [6, 6.07) is 10.1. The van der Waals surface area contributed by atoms with E-state index in [0.717, 1.165) is 30.6 Å². The van der Waals surface area contributed by atoms with E-state index < -0.39 is 9.84 Å². The molecule has 0 spiro atoms. The van der Waals surface area contributed by atoms with E-state index in [2.05, 4.69) is 40.6 Å². The molecule has 0 unspecified atom stereocenters. The van der Waals surface area contributed by atoms with Crippen molar-refractivity contribution in [2.45, 2.75) is 42.5 Å². The Morgan fingerprint density at radius 3 is 2.64 bits per heavy atom. The fraction of sp³-hybridized carbons (Fsp3) is 0.423. The molecule has 1 saturated heterocycles. The van der Waals surface area contributed by atoms with Gasteiger partial charge in [-0.2, -0.15) is 15.3 Å². The Hall–Kier alpha value is -4.02. The van der Waals surface area contributed by atoms with Crippen molar-refractivity contribution in [3.63, 3.8) is 0 Å². The third-order valence-electron chi connectivity index (χ3n) is 7.05. The number of nitrogens with one attached hydrogen (secondary N) is 3. The quantitative estimate of drug-likeness (QED) is 0.362. The van der Waals surface area contributed by atoms with Crippen LogP contribution in [-0.2, 0) is 14.6 Å². The van der Waals surface area contributed by atoms with E-state index in [9.17, 15) is 18.5 Å². The Kier molecular flexibility index (Phi) is 7.49. The van der Waals surface area contributed by atoms with Gasteiger partial charge in [0.05, 0.1) is 23.1 Å². The van der Waals surface area contributed by atoms with Gasteiger partial charge in [-0.1, -0.05) is 0 Å². The number of hydrogen-bond donors (Lipinski definition) is 3. The van der Waals surface area contributed by atoms with Crippen molar-refractivity contribution in [2.75, 3.05) is 48.5 Å². The predicted octanol–water partition coefficient (Wildman–Crippen LogP) is 2.64. The van der Waals surface area contributed by atoms with Crippen LogP contribution >= 0.6 is 0 Å². The number of nitrogens with zero attached hydrogens (tertiary/aromatic N) is 6. The predicted molar refractivity (Wildman–Crippen MR) is 147 cm³/mol. The molecule has 2 aromatic heterocycles. The van der Waals surface area contributed by atoms with Crippen molar-refractivity contribution in [2.24, 2.45) is 0 Å². The van der Waals surface area contributed by atoms with Crippen LogP contribution in [0.4, 0.5) is 23.3 Å². The molecule has 3 N–H and O–H groups in total. The van der Waals surface area contributed by atoms with Gasteiger partial charge < -0.3 is 15.5 Å². The lowest BCUT2D eigenvalue weighted by Gasteiger charge is -2.36. The highest BCUT2D eigenvalue weighted by Gasteiger charge is 2.27. The van der Waals surface area contributed by atoms with Gasteiger partial charge in [0.1, 0.15) is 5.82 Å². The van der Waals surface area contributed by atoms with Gasteiger partial charge in [0.2, 0.25) is 11.9 Å². The minimum atomic E-state index is -3.51. The van der Waals surface area contributed by atoms with Gasteiger partial charge >= 0.3 is 0 Å². The standard InChI is InChI=1S/C26H31N9O3S/c1-34(26-28-8-5-23(31-26)30-24-14-22(32-33-24)18-3-4-18)20-6-9-35(10-7-20)16-25(36)29-19-11-17(15-27)12-21(13-19)39(2,37)38/h5,8,11-14,18,20H,3-4,6-7,9-10,16H2,1-2H3,(H,29,36)(H2,28,30,31,32,33). The van der Waals surface area contributed by atoms with E-state index in [1.54, 1.807) is 6.20 Å². The first kappa shape index (κ1) is 26.6. The smallest absolute Gasteiger partial charge is 0.238 e. The number of hydrogen-bond acceptors (Lipinski definition) is 10. The molecular weight excluding hydrogens is 518 g/mol. The maximum atomic E-state index is 12.7. The number of likely N-dealkylation sites (tertiary alicyclic amines) is 1. The molecule has 1 saturated carbocycles. The highest BCUT2D eigenvalue weighted by Crippen LogP contribution is 2.39. The largest absolute Gasteiger partial charge is 0.341 e. The Labute approximate surface area is 227 Å². The van der Waals surface area contributed by atoms with Crippen LogP contribution in [0.1, 0.15) is 42.9 Å². The Bertz CT molecular complexity index is 1500. The summed E-state index contributed by atoms with van der Waals surface area (Å²) in [6.07, 6.45) is 6.86. The zero-order valence-electron chi connectivity index (χ0n) is 21.9. The van der Waals surface area contributed by atoms with Crippen LogP contribution in [0, 0.1) is 11.3 Å². The number of carbonyl (C=O) groups is 1. The van der Waals surface area contributed by atoms with Crippen LogP contribution in [0.25, 0.3) is 0 Å². The fourth-order valence-electron chi connectivity index (χ4n) is 4.70. The topological polar surface area (TPSA) is 160 Å². The highest BCUT2D eigenvalue weighted by molar-refractivity contribution is 7.90. The van der Waals surface area contributed by atoms with Crippen LogP contribution < -0.4 is 15.5 Å². The summed E-state index contributed by atoms with van der Waals surface area (Å²) in [4.78, 5) is 25.9. The lowest BCUT2D eigenvalue weighted by atomic mass is 10.0. The Morgan fingerprint density at radius 1 is 1.18 bits per heavy atom. The summed E-state index contributed by atoms with van der Waals surface area (Å²) in [5, 5.41) is 22.6. The molecule has 1 aliphatic carbocycles. The molecule has 1 aliphatic heterocycles. The number of nitriles is 1. The molecular formula is C26H31N9O3S. The highest BCUT2D eigenvalue weighted by atomic mass is 32.2. The number of amides is 1. The molecule has 2 aliphatic rings. The molecule has 3 heterocycles. The molecule has 1 aromatic carbocycles. The molecule has 0 bridgehead atoms. The van der Waals surface area contributed by atoms with Crippen molar-refractivity contribution in [3.05, 3.63) is 47.8 Å². The van der Waals surface area contributed by atoms with Crippen LogP contribution in [0.5, 0.6) is 0 Å². The summed E-state index contributed by atoms with van der Waals surface area (Å²) in [5.74, 6) is 2.37. The molecule has 13 heteroatoms. The number of piperidine rings is 1. The number of anilines is 4. The van der Waals surface area contributed by atoms with Gasteiger partial charge in [-0.3, -0.25) is 14.8 Å². The van der Waals surface area contributed by atoms with E-state index in [1.165, 1.54) is 31.0 Å². The lowest BCUT2D eigenvalue weighted by molar-refractivity contribution is -0.117. The van der Waals surface area contributed by atoms with Crippen molar-refractivity contribution < 1.29 is 13.2 Å². The second kappa shape index (κ2) is 11.0. The van der Waals surface area contributed by atoms with Gasteiger partial charge in [0.15, 0.2) is 15.7 Å². The van der Waals surface area contributed by atoms with Crippen molar-refractivity contribution >= 4 is 39.0 Å². The average molecular weight is 550 g/mol. The number of H-pyrrole nitrogens is 1. The maximum absolute atomic E-state index is 12.7. The summed E-state index contributed by atoms with van der Waals surface area (Å²) in [6.45, 7) is 1.60. The number of rotatable bonds is 9. The van der Waals surface area contributed by atoms with Crippen molar-refractivity contribution in [1.82, 2.24) is 25.1 Å². The average Bonchev–Trinajstić information content (AvgIpc) is 3.66. The van der Waals surface area contributed by atoms with Crippen molar-refractivity contribution in [3.8, 4) is 6.07 Å². The second-order valence-electron chi connectivity index (χ2n) is 10.1. The summed E-state index contributed by atoms with van der Waals surface area (Å²) < 4.78 is 23.8. The van der Waals surface area contributed by atoms with E-state index in [0.29, 0.717) is 36.5 Å². The summed E-state index contributed by atoms with van der Waals surface area (Å²) in [7, 11) is -1.53. The SMILES string of the molecule is CN(c1nccc(Nc2cc(C3CC3)[nH]n2)n1)C1CCN(CC(=O)Nc2cc(C#N)cc(S(C)(=O)=O)c2)CC1. The van der Waals surface area contributed by atoms with Gasteiger partial charge in [-0.25, -0.2) is 13.4 Å². The molecule has 2 fully saturated rings. The Balaban J connectivity index is 1.13. The molecule has 1 amide bonds. The minimum Gasteiger partial charge on any atom is -0.341 e. The van der Waals surface area contributed by atoms with Crippen molar-refractivity contribution in [1.29, 1.82) is 5.26 Å². The fourth-order valence-corrected chi connectivity index (χ4v) is 5.39. The lowest BCUT2D eigenvalue weighted by Crippen LogP contribution is -2.46. The van der Waals surface area contributed by atoms with Gasteiger partial charge in [-0.05, 0) is 49.9 Å². The zero-order chi connectivity index (χ0) is 27.6. The van der Waals surface area contributed by atoms with E-state index in [4.69, 9.17) is 0 Å². The molecule has 12 nitrogen and oxygen atoms in total. The summed E-state index contributed by atoms with van der Waals surface area (Å²) in [5.41, 5.74) is 1.61. The second-order valence-corrected chi connectivity index (χ2v) is 12.2. The number of sulfone groups is 1.